The van der Waals surface area contributed by atoms with Gasteiger partial charge in [0, 0.05) is 48.7 Å². The fourth-order valence-electron chi connectivity index (χ4n) is 3.32. The van der Waals surface area contributed by atoms with E-state index in [9.17, 15) is 8.42 Å². The molecule has 0 bridgehead atoms. The molecule has 1 aliphatic heterocycles. The summed E-state index contributed by atoms with van der Waals surface area (Å²) < 4.78 is 27.1. The molecule has 0 aliphatic carbocycles. The number of hydrogen-bond donors (Lipinski definition) is 0. The van der Waals surface area contributed by atoms with Crippen molar-refractivity contribution in [2.45, 2.75) is 18.4 Å². The topological polar surface area (TPSA) is 53.5 Å². The minimum absolute atomic E-state index is 0.289. The van der Waals surface area contributed by atoms with Gasteiger partial charge in [-0.2, -0.15) is 4.31 Å². The standard InChI is InChI=1S/C21H22ClN3O2S2/c1-16-2-4-17(5-3-16)21-23-19(15-28-21)14-24-10-12-25(13-11-24)29(26,27)20-8-6-18(22)7-9-20/h2-9,15H,10-14H2,1H3. The number of benzene rings is 2. The first-order chi connectivity index (χ1) is 13.9. The van der Waals surface area contributed by atoms with E-state index >= 15 is 0 Å². The molecule has 0 radical (unpaired) electrons. The molecule has 29 heavy (non-hydrogen) atoms. The van der Waals surface area contributed by atoms with Crippen LogP contribution in [0.5, 0.6) is 0 Å². The maximum absolute atomic E-state index is 12.8. The Balaban J connectivity index is 1.37. The molecular weight excluding hydrogens is 426 g/mol. The zero-order valence-electron chi connectivity index (χ0n) is 16.1. The number of halogens is 1. The highest BCUT2D eigenvalue weighted by atomic mass is 35.5. The van der Waals surface area contributed by atoms with Crippen LogP contribution in [0.25, 0.3) is 10.6 Å². The Labute approximate surface area is 180 Å². The van der Waals surface area contributed by atoms with Gasteiger partial charge in [0.15, 0.2) is 0 Å². The van der Waals surface area contributed by atoms with Crippen LogP contribution >= 0.6 is 22.9 Å². The van der Waals surface area contributed by atoms with Crippen LogP contribution in [0.1, 0.15) is 11.3 Å². The predicted octanol–water partition coefficient (Wildman–Crippen LogP) is 4.28. The lowest BCUT2D eigenvalue weighted by Gasteiger charge is -2.33. The van der Waals surface area contributed by atoms with E-state index in [1.807, 2.05) is 0 Å². The van der Waals surface area contributed by atoms with Crippen LogP contribution in [0.2, 0.25) is 5.02 Å². The molecule has 1 aromatic heterocycles. The number of thiazole rings is 1. The van der Waals surface area contributed by atoms with Crippen molar-refractivity contribution < 1.29 is 8.42 Å². The largest absolute Gasteiger partial charge is 0.295 e. The molecule has 0 atom stereocenters. The van der Waals surface area contributed by atoms with Gasteiger partial charge in [0.25, 0.3) is 0 Å². The lowest BCUT2D eigenvalue weighted by Crippen LogP contribution is -2.48. The second-order valence-corrected chi connectivity index (χ2v) is 10.4. The highest BCUT2D eigenvalue weighted by Crippen LogP contribution is 2.25. The summed E-state index contributed by atoms with van der Waals surface area (Å²) >= 11 is 7.52. The molecule has 5 nitrogen and oxygen atoms in total. The summed E-state index contributed by atoms with van der Waals surface area (Å²) in [5.41, 5.74) is 3.39. The quantitative estimate of drug-likeness (QED) is 0.585. The molecular formula is C21H22ClN3O2S2. The van der Waals surface area contributed by atoms with Crippen molar-refractivity contribution >= 4 is 33.0 Å². The molecule has 2 heterocycles. The Kier molecular flexibility index (Phi) is 6.03. The lowest BCUT2D eigenvalue weighted by molar-refractivity contribution is 0.180. The fourth-order valence-corrected chi connectivity index (χ4v) is 5.69. The van der Waals surface area contributed by atoms with E-state index < -0.39 is 10.0 Å². The van der Waals surface area contributed by atoms with E-state index in [2.05, 4.69) is 41.5 Å². The number of sulfonamides is 1. The summed E-state index contributed by atoms with van der Waals surface area (Å²) in [6.45, 7) is 5.12. The second kappa shape index (κ2) is 8.53. The van der Waals surface area contributed by atoms with Gasteiger partial charge in [0.05, 0.1) is 10.6 Å². The molecule has 4 rings (SSSR count). The SMILES string of the molecule is Cc1ccc(-c2nc(CN3CCN(S(=O)(=O)c4ccc(Cl)cc4)CC3)cs2)cc1. The summed E-state index contributed by atoms with van der Waals surface area (Å²) in [4.78, 5) is 7.30. The number of rotatable bonds is 5. The number of aryl methyl sites for hydroxylation is 1. The van der Waals surface area contributed by atoms with Crippen molar-refractivity contribution in [2.24, 2.45) is 0 Å². The third-order valence-electron chi connectivity index (χ3n) is 5.02. The van der Waals surface area contributed by atoms with Gasteiger partial charge in [-0.15, -0.1) is 11.3 Å². The smallest absolute Gasteiger partial charge is 0.243 e. The first-order valence-corrected chi connectivity index (χ1v) is 12.1. The molecule has 152 valence electrons. The third-order valence-corrected chi connectivity index (χ3v) is 8.12. The molecule has 0 unspecified atom stereocenters. The highest BCUT2D eigenvalue weighted by Gasteiger charge is 2.28. The van der Waals surface area contributed by atoms with Crippen LogP contribution < -0.4 is 0 Å². The van der Waals surface area contributed by atoms with Crippen molar-refractivity contribution in [2.75, 3.05) is 26.2 Å². The van der Waals surface area contributed by atoms with E-state index in [4.69, 9.17) is 16.6 Å². The number of nitrogens with zero attached hydrogens (tertiary/aromatic N) is 3. The average molecular weight is 448 g/mol. The molecule has 1 aliphatic rings. The van der Waals surface area contributed by atoms with Crippen molar-refractivity contribution in [3.63, 3.8) is 0 Å². The van der Waals surface area contributed by atoms with E-state index in [-0.39, 0.29) is 4.90 Å². The van der Waals surface area contributed by atoms with Crippen LogP contribution in [0.4, 0.5) is 0 Å². The summed E-state index contributed by atoms with van der Waals surface area (Å²) in [5.74, 6) is 0. The highest BCUT2D eigenvalue weighted by molar-refractivity contribution is 7.89. The Morgan fingerprint density at radius 2 is 1.66 bits per heavy atom. The Bertz CT molecular complexity index is 1070. The Morgan fingerprint density at radius 1 is 1.00 bits per heavy atom. The monoisotopic (exact) mass is 447 g/mol. The fraction of sp³-hybridized carbons (Fsp3) is 0.286. The van der Waals surface area contributed by atoms with Gasteiger partial charge in [-0.3, -0.25) is 4.90 Å². The zero-order valence-corrected chi connectivity index (χ0v) is 18.5. The molecule has 3 aromatic rings. The summed E-state index contributed by atoms with van der Waals surface area (Å²) in [5, 5.41) is 3.64. The molecule has 1 fully saturated rings. The van der Waals surface area contributed by atoms with Gasteiger partial charge in [-0.1, -0.05) is 41.4 Å². The second-order valence-electron chi connectivity index (χ2n) is 7.14. The first kappa shape index (κ1) is 20.5. The van der Waals surface area contributed by atoms with Crippen molar-refractivity contribution in [3.8, 4) is 10.6 Å². The normalized spacial score (nSPS) is 16.2. The van der Waals surface area contributed by atoms with E-state index in [0.29, 0.717) is 31.2 Å². The van der Waals surface area contributed by atoms with Crippen LogP contribution in [0.3, 0.4) is 0 Å². The van der Waals surface area contributed by atoms with Gasteiger partial charge in [-0.25, -0.2) is 13.4 Å². The van der Waals surface area contributed by atoms with Crippen molar-refractivity contribution in [1.82, 2.24) is 14.2 Å². The molecule has 8 heteroatoms. The zero-order chi connectivity index (χ0) is 20.4. The summed E-state index contributed by atoms with van der Waals surface area (Å²) in [7, 11) is -3.48. The maximum Gasteiger partial charge on any atom is 0.243 e. The third kappa shape index (κ3) is 4.70. The molecule has 0 N–H and O–H groups in total. The van der Waals surface area contributed by atoms with Gasteiger partial charge in [0.1, 0.15) is 5.01 Å². The molecule has 0 spiro atoms. The number of aromatic nitrogens is 1. The average Bonchev–Trinajstić information content (AvgIpc) is 3.18. The maximum atomic E-state index is 12.8. The van der Waals surface area contributed by atoms with E-state index in [0.717, 1.165) is 22.8 Å². The Morgan fingerprint density at radius 3 is 2.31 bits per heavy atom. The predicted molar refractivity (Wildman–Crippen MR) is 118 cm³/mol. The van der Waals surface area contributed by atoms with E-state index in [1.165, 1.54) is 5.56 Å². The van der Waals surface area contributed by atoms with Crippen LogP contribution in [0, 0.1) is 6.92 Å². The van der Waals surface area contributed by atoms with Gasteiger partial charge >= 0.3 is 0 Å². The molecule has 2 aromatic carbocycles. The minimum Gasteiger partial charge on any atom is -0.295 e. The first-order valence-electron chi connectivity index (χ1n) is 9.41. The Hall–Kier alpha value is -1.77. The molecule has 1 saturated heterocycles. The van der Waals surface area contributed by atoms with Crippen LogP contribution in [0.15, 0.2) is 58.8 Å². The summed E-state index contributed by atoms with van der Waals surface area (Å²) in [6, 6.07) is 14.7. The van der Waals surface area contributed by atoms with Gasteiger partial charge in [0.2, 0.25) is 10.0 Å². The van der Waals surface area contributed by atoms with E-state index in [1.54, 1.807) is 39.9 Å². The van der Waals surface area contributed by atoms with Gasteiger partial charge < -0.3 is 0 Å². The van der Waals surface area contributed by atoms with Gasteiger partial charge in [-0.05, 0) is 31.2 Å². The lowest BCUT2D eigenvalue weighted by atomic mass is 10.2. The van der Waals surface area contributed by atoms with Crippen LogP contribution in [-0.4, -0.2) is 48.8 Å². The summed E-state index contributed by atoms with van der Waals surface area (Å²) in [6.07, 6.45) is 0. The molecule has 0 amide bonds. The van der Waals surface area contributed by atoms with Crippen molar-refractivity contribution in [3.05, 3.63) is 70.2 Å². The minimum atomic E-state index is -3.48. The number of hydrogen-bond acceptors (Lipinski definition) is 5. The molecule has 0 saturated carbocycles. The van der Waals surface area contributed by atoms with Crippen LogP contribution in [-0.2, 0) is 16.6 Å². The number of piperazine rings is 1. The van der Waals surface area contributed by atoms with Crippen molar-refractivity contribution in [1.29, 1.82) is 0 Å².